The Morgan fingerprint density at radius 1 is 1.05 bits per heavy atom. The Balaban J connectivity index is 1.72. The van der Waals surface area contributed by atoms with Crippen molar-refractivity contribution in [3.05, 3.63) is 34.3 Å². The molecule has 0 spiro atoms. The molecule has 0 bridgehead atoms. The van der Waals surface area contributed by atoms with Crippen molar-refractivity contribution >= 4 is 45.4 Å². The van der Waals surface area contributed by atoms with Crippen LogP contribution in [0.25, 0.3) is 0 Å². The quantitative estimate of drug-likeness (QED) is 0.139. The van der Waals surface area contributed by atoms with Crippen molar-refractivity contribution in [3.63, 3.8) is 0 Å². The summed E-state index contributed by atoms with van der Waals surface area (Å²) in [7, 11) is 0. The number of halogens is 2. The van der Waals surface area contributed by atoms with Crippen molar-refractivity contribution in [1.82, 2.24) is 20.9 Å². The number of nitrogens with two attached hydrogens (primary N) is 1. The molecule has 1 heterocycles. The molecule has 1 aromatic rings. The Hall–Kier alpha value is -3.02. The summed E-state index contributed by atoms with van der Waals surface area (Å²) in [6.07, 6.45) is 6.21. The molecule has 214 valence electrons. The minimum absolute atomic E-state index is 0.0374. The van der Waals surface area contributed by atoms with Crippen LogP contribution in [0.5, 0.6) is 0 Å². The minimum atomic E-state index is -1.22. The zero-order valence-corrected chi connectivity index (χ0v) is 23.6. The Morgan fingerprint density at radius 2 is 1.74 bits per heavy atom. The highest BCUT2D eigenvalue weighted by Gasteiger charge is 2.41. The number of likely N-dealkylation sites (tertiary alicyclic amines) is 1. The Kier molecular flexibility index (Phi) is 11.7. The van der Waals surface area contributed by atoms with E-state index in [2.05, 4.69) is 31.9 Å². The van der Waals surface area contributed by atoms with Gasteiger partial charge in [-0.25, -0.2) is 4.39 Å². The second-order valence-electron chi connectivity index (χ2n) is 10.2. The average molecular weight is 610 g/mol. The van der Waals surface area contributed by atoms with Crippen molar-refractivity contribution < 1.29 is 23.6 Å². The number of Topliss-reactive ketones (excluding diaryl/α,β-unsaturated/α-hetero) is 1. The molecule has 1 saturated heterocycles. The molecule has 0 radical (unpaired) electrons. The first-order chi connectivity index (χ1) is 18.7. The Labute approximate surface area is 236 Å². The van der Waals surface area contributed by atoms with Gasteiger partial charge in [0.1, 0.15) is 18.8 Å². The lowest BCUT2D eigenvalue weighted by atomic mass is 9.83. The Bertz CT molecular complexity index is 1030. The number of guanidine groups is 1. The van der Waals surface area contributed by atoms with Gasteiger partial charge in [-0.15, -0.1) is 0 Å². The molecule has 39 heavy (non-hydrogen) atoms. The van der Waals surface area contributed by atoms with Crippen molar-refractivity contribution in [2.45, 2.75) is 75.9 Å². The molecule has 1 aromatic carbocycles. The molecular weight excluding hydrogens is 571 g/mol. The van der Waals surface area contributed by atoms with Crippen LogP contribution in [0.4, 0.5) is 4.39 Å². The molecule has 3 atom stereocenters. The summed E-state index contributed by atoms with van der Waals surface area (Å²) >= 11 is 3.36. The van der Waals surface area contributed by atoms with Crippen molar-refractivity contribution in [1.29, 1.82) is 5.41 Å². The number of hydrogen-bond donors (Lipinski definition) is 5. The van der Waals surface area contributed by atoms with Gasteiger partial charge in [0, 0.05) is 23.1 Å². The van der Waals surface area contributed by atoms with E-state index in [0.717, 1.165) is 36.6 Å². The van der Waals surface area contributed by atoms with Gasteiger partial charge in [0.25, 0.3) is 5.91 Å². The van der Waals surface area contributed by atoms with E-state index in [-0.39, 0.29) is 30.1 Å². The van der Waals surface area contributed by atoms with Crippen LogP contribution in [0, 0.1) is 11.3 Å². The fourth-order valence-electron chi connectivity index (χ4n) is 5.36. The summed E-state index contributed by atoms with van der Waals surface area (Å²) in [6.45, 7) is -0.556. The Morgan fingerprint density at radius 3 is 2.38 bits per heavy atom. The molecule has 3 amide bonds. The van der Waals surface area contributed by atoms with Crippen LogP contribution >= 0.6 is 15.9 Å². The number of rotatable bonds is 12. The summed E-state index contributed by atoms with van der Waals surface area (Å²) in [4.78, 5) is 53.9. The molecule has 10 nitrogen and oxygen atoms in total. The third kappa shape index (κ3) is 8.74. The van der Waals surface area contributed by atoms with Gasteiger partial charge in [0.15, 0.2) is 11.7 Å². The number of nitrogens with one attached hydrogen (secondary N) is 4. The molecule has 1 aliphatic heterocycles. The lowest BCUT2D eigenvalue weighted by Gasteiger charge is -2.35. The molecule has 2 aliphatic rings. The van der Waals surface area contributed by atoms with Crippen LogP contribution in [0.1, 0.15) is 68.1 Å². The lowest BCUT2D eigenvalue weighted by molar-refractivity contribution is -0.141. The van der Waals surface area contributed by atoms with E-state index in [1.165, 1.54) is 4.90 Å². The zero-order chi connectivity index (χ0) is 28.4. The van der Waals surface area contributed by atoms with Crippen molar-refractivity contribution in [2.75, 3.05) is 19.8 Å². The monoisotopic (exact) mass is 608 g/mol. The van der Waals surface area contributed by atoms with E-state index in [1.807, 2.05) is 0 Å². The van der Waals surface area contributed by atoms with Gasteiger partial charge in [-0.2, -0.15) is 0 Å². The third-order valence-electron chi connectivity index (χ3n) is 7.44. The molecule has 1 saturated carbocycles. The van der Waals surface area contributed by atoms with E-state index in [4.69, 9.17) is 11.1 Å². The maximum atomic E-state index is 13.9. The molecule has 2 unspecified atom stereocenters. The van der Waals surface area contributed by atoms with Gasteiger partial charge in [-0.3, -0.25) is 24.6 Å². The molecule has 3 rings (SSSR count). The SMILES string of the molecule is N=C(N)NCCCC(NC(=O)[C@@H]1CCCN1C(=O)C(NC(=O)c1ccc(Br)cc1)C1CCCCC1)C(=O)CF. The number of nitrogens with zero attached hydrogens (tertiary/aromatic N) is 1. The van der Waals surface area contributed by atoms with Gasteiger partial charge in [0.05, 0.1) is 6.04 Å². The average Bonchev–Trinajstić information content (AvgIpc) is 3.43. The van der Waals surface area contributed by atoms with E-state index < -0.39 is 36.5 Å². The normalized spacial score (nSPS) is 19.1. The molecule has 2 fully saturated rings. The highest BCUT2D eigenvalue weighted by atomic mass is 79.9. The van der Waals surface area contributed by atoms with Gasteiger partial charge >= 0.3 is 0 Å². The summed E-state index contributed by atoms with van der Waals surface area (Å²) in [5.41, 5.74) is 5.70. The zero-order valence-electron chi connectivity index (χ0n) is 22.0. The number of amides is 3. The van der Waals surface area contributed by atoms with E-state index >= 15 is 0 Å². The highest BCUT2D eigenvalue weighted by molar-refractivity contribution is 9.10. The number of hydrogen-bond acceptors (Lipinski definition) is 5. The van der Waals surface area contributed by atoms with Crippen LogP contribution in [0.15, 0.2) is 28.7 Å². The number of benzene rings is 1. The van der Waals surface area contributed by atoms with E-state index in [0.29, 0.717) is 37.9 Å². The van der Waals surface area contributed by atoms with Crippen molar-refractivity contribution in [3.8, 4) is 0 Å². The van der Waals surface area contributed by atoms with Gasteiger partial charge in [-0.05, 0) is 68.7 Å². The molecular formula is C27H38BrFN6O4. The highest BCUT2D eigenvalue weighted by Crippen LogP contribution is 2.29. The standard InChI is InChI=1S/C27H38BrFN6O4/c28-19-12-10-18(11-13-19)24(37)34-23(17-6-2-1-3-7-17)26(39)35-15-5-9-21(35)25(38)33-20(22(36)16-29)8-4-14-32-27(30)31/h10-13,17,20-21,23H,1-9,14-16H2,(H,33,38)(H,34,37)(H4,30,31,32)/t20?,21-,23?/m0/s1. The fourth-order valence-corrected chi connectivity index (χ4v) is 5.62. The molecule has 0 aromatic heterocycles. The van der Waals surface area contributed by atoms with Crippen LogP contribution in [-0.4, -0.2) is 72.3 Å². The first-order valence-electron chi connectivity index (χ1n) is 13.5. The summed E-state index contributed by atoms with van der Waals surface area (Å²) in [5, 5.41) is 15.4. The van der Waals surface area contributed by atoms with E-state index in [9.17, 15) is 23.6 Å². The number of alkyl halides is 1. The number of ketones is 1. The smallest absolute Gasteiger partial charge is 0.251 e. The second kappa shape index (κ2) is 14.9. The molecule has 6 N–H and O–H groups in total. The third-order valence-corrected chi connectivity index (χ3v) is 7.97. The topological polar surface area (TPSA) is 157 Å². The van der Waals surface area contributed by atoms with Crippen LogP contribution in [0.2, 0.25) is 0 Å². The summed E-state index contributed by atoms with van der Waals surface area (Å²) in [6, 6.07) is 4.27. The second-order valence-corrected chi connectivity index (χ2v) is 11.1. The summed E-state index contributed by atoms with van der Waals surface area (Å²) in [5.74, 6) is -2.15. The first-order valence-corrected chi connectivity index (χ1v) is 14.3. The maximum absolute atomic E-state index is 13.9. The first kappa shape index (κ1) is 30.5. The predicted molar refractivity (Wildman–Crippen MR) is 149 cm³/mol. The maximum Gasteiger partial charge on any atom is 0.251 e. The van der Waals surface area contributed by atoms with Crippen LogP contribution in [0.3, 0.4) is 0 Å². The number of carbonyl (C=O) groups excluding carboxylic acids is 4. The van der Waals surface area contributed by atoms with Gasteiger partial charge < -0.3 is 26.6 Å². The fraction of sp³-hybridized carbons (Fsp3) is 0.593. The van der Waals surface area contributed by atoms with Gasteiger partial charge in [-0.1, -0.05) is 35.2 Å². The lowest BCUT2D eigenvalue weighted by Crippen LogP contribution is -2.57. The predicted octanol–water partition coefficient (Wildman–Crippen LogP) is 2.41. The van der Waals surface area contributed by atoms with Crippen LogP contribution in [-0.2, 0) is 14.4 Å². The van der Waals surface area contributed by atoms with Crippen LogP contribution < -0.4 is 21.7 Å². The molecule has 12 heteroatoms. The summed E-state index contributed by atoms with van der Waals surface area (Å²) < 4.78 is 14.1. The molecule has 1 aliphatic carbocycles. The van der Waals surface area contributed by atoms with Crippen molar-refractivity contribution in [2.24, 2.45) is 11.7 Å². The number of carbonyl (C=O) groups is 4. The van der Waals surface area contributed by atoms with Gasteiger partial charge in [0.2, 0.25) is 11.8 Å². The largest absolute Gasteiger partial charge is 0.370 e. The minimum Gasteiger partial charge on any atom is -0.370 e. The van der Waals surface area contributed by atoms with E-state index in [1.54, 1.807) is 24.3 Å².